The lowest BCUT2D eigenvalue weighted by Crippen LogP contribution is -2.38. The van der Waals surface area contributed by atoms with Crippen molar-refractivity contribution in [1.29, 1.82) is 0 Å². The Morgan fingerprint density at radius 3 is 3.00 bits per heavy atom. The summed E-state index contributed by atoms with van der Waals surface area (Å²) in [6, 6.07) is 5.85. The molecule has 2 atom stereocenters. The van der Waals surface area contributed by atoms with Gasteiger partial charge in [0.25, 0.3) is 0 Å². The van der Waals surface area contributed by atoms with Crippen molar-refractivity contribution in [2.45, 2.75) is 36.7 Å². The molecule has 2 unspecified atom stereocenters. The van der Waals surface area contributed by atoms with Gasteiger partial charge in [-0.05, 0) is 37.9 Å². The average molecular weight is 317 g/mol. The SMILES string of the molecule is Cc1cncc2cccc(S(=O)(=O)N3CCC4NCCC43)c12. The Bertz CT molecular complexity index is 829. The predicted molar refractivity (Wildman–Crippen MR) is 85.2 cm³/mol. The topological polar surface area (TPSA) is 62.3 Å². The summed E-state index contributed by atoms with van der Waals surface area (Å²) in [5.74, 6) is 0. The second kappa shape index (κ2) is 5.01. The lowest BCUT2D eigenvalue weighted by molar-refractivity contribution is 0.386. The van der Waals surface area contributed by atoms with Crippen LogP contribution in [0.25, 0.3) is 10.8 Å². The molecule has 4 rings (SSSR count). The highest BCUT2D eigenvalue weighted by Gasteiger charge is 2.44. The van der Waals surface area contributed by atoms with Gasteiger partial charge in [0.05, 0.1) is 4.90 Å². The van der Waals surface area contributed by atoms with Gasteiger partial charge in [0.15, 0.2) is 0 Å². The molecule has 0 spiro atoms. The zero-order chi connectivity index (χ0) is 15.3. The summed E-state index contributed by atoms with van der Waals surface area (Å²) in [6.07, 6.45) is 5.25. The van der Waals surface area contributed by atoms with Gasteiger partial charge >= 0.3 is 0 Å². The Kier molecular flexibility index (Phi) is 3.21. The lowest BCUT2D eigenvalue weighted by atomic mass is 10.1. The molecule has 0 radical (unpaired) electrons. The van der Waals surface area contributed by atoms with E-state index in [0.717, 1.165) is 35.7 Å². The largest absolute Gasteiger partial charge is 0.312 e. The first kappa shape index (κ1) is 14.1. The van der Waals surface area contributed by atoms with E-state index in [-0.39, 0.29) is 6.04 Å². The minimum atomic E-state index is -3.48. The standard InChI is InChI=1S/C16H19N3O2S/c1-11-9-17-10-12-3-2-4-15(16(11)12)22(20,21)19-8-6-13-14(19)5-7-18-13/h2-4,9-10,13-14,18H,5-8H2,1H3. The first-order valence-electron chi connectivity index (χ1n) is 7.67. The number of rotatable bonds is 2. The maximum atomic E-state index is 13.2. The van der Waals surface area contributed by atoms with Crippen LogP contribution in [0.2, 0.25) is 0 Å². The maximum absolute atomic E-state index is 13.2. The molecule has 0 aliphatic carbocycles. The number of nitrogens with zero attached hydrogens (tertiary/aromatic N) is 2. The highest BCUT2D eigenvalue weighted by Crippen LogP contribution is 2.34. The molecule has 0 bridgehead atoms. The van der Waals surface area contributed by atoms with Gasteiger partial charge in [0, 0.05) is 41.8 Å². The molecule has 0 amide bonds. The van der Waals surface area contributed by atoms with Crippen LogP contribution in [-0.2, 0) is 10.0 Å². The Hall–Kier alpha value is -1.50. The van der Waals surface area contributed by atoms with Crippen molar-refractivity contribution in [1.82, 2.24) is 14.6 Å². The molecule has 5 nitrogen and oxygen atoms in total. The van der Waals surface area contributed by atoms with E-state index >= 15 is 0 Å². The Labute approximate surface area is 130 Å². The Morgan fingerprint density at radius 1 is 1.27 bits per heavy atom. The zero-order valence-corrected chi connectivity index (χ0v) is 13.3. The molecule has 1 aromatic carbocycles. The van der Waals surface area contributed by atoms with E-state index in [9.17, 15) is 8.42 Å². The van der Waals surface area contributed by atoms with E-state index in [1.54, 1.807) is 28.8 Å². The van der Waals surface area contributed by atoms with Gasteiger partial charge < -0.3 is 5.32 Å². The molecule has 1 aromatic heterocycles. The van der Waals surface area contributed by atoms with Gasteiger partial charge in [-0.15, -0.1) is 0 Å². The highest BCUT2D eigenvalue weighted by atomic mass is 32.2. The van der Waals surface area contributed by atoms with Gasteiger partial charge in [-0.3, -0.25) is 4.98 Å². The first-order chi connectivity index (χ1) is 10.6. The Morgan fingerprint density at radius 2 is 2.14 bits per heavy atom. The summed E-state index contributed by atoms with van der Waals surface area (Å²) in [5.41, 5.74) is 0.900. The van der Waals surface area contributed by atoms with Crippen LogP contribution in [-0.4, -0.2) is 42.9 Å². The van der Waals surface area contributed by atoms with Crippen LogP contribution < -0.4 is 5.32 Å². The molecule has 22 heavy (non-hydrogen) atoms. The zero-order valence-electron chi connectivity index (χ0n) is 12.5. The summed E-state index contributed by atoms with van der Waals surface area (Å²) in [4.78, 5) is 4.58. The summed E-state index contributed by atoms with van der Waals surface area (Å²) >= 11 is 0. The number of fused-ring (bicyclic) bond motifs is 2. The summed E-state index contributed by atoms with van der Waals surface area (Å²) in [6.45, 7) is 3.42. The molecule has 1 N–H and O–H groups in total. The summed E-state index contributed by atoms with van der Waals surface area (Å²) in [5, 5.41) is 5.08. The third kappa shape index (κ3) is 1.98. The molecule has 2 aliphatic rings. The van der Waals surface area contributed by atoms with Gasteiger partial charge in [-0.2, -0.15) is 4.31 Å². The van der Waals surface area contributed by atoms with Crippen molar-refractivity contribution in [3.05, 3.63) is 36.2 Å². The van der Waals surface area contributed by atoms with E-state index in [4.69, 9.17) is 0 Å². The third-order valence-corrected chi connectivity index (χ3v) is 6.83. The molecule has 2 aliphatic heterocycles. The monoisotopic (exact) mass is 317 g/mol. The number of benzene rings is 1. The van der Waals surface area contributed by atoms with Crippen LogP contribution in [0.15, 0.2) is 35.5 Å². The van der Waals surface area contributed by atoms with E-state index < -0.39 is 10.0 Å². The van der Waals surface area contributed by atoms with Gasteiger partial charge in [0.1, 0.15) is 0 Å². The quantitative estimate of drug-likeness (QED) is 0.915. The van der Waals surface area contributed by atoms with Gasteiger partial charge in [-0.25, -0.2) is 8.42 Å². The van der Waals surface area contributed by atoms with Crippen molar-refractivity contribution < 1.29 is 8.42 Å². The fourth-order valence-corrected chi connectivity index (χ4v) is 5.83. The van der Waals surface area contributed by atoms with Crippen molar-refractivity contribution in [2.75, 3.05) is 13.1 Å². The van der Waals surface area contributed by atoms with E-state index in [2.05, 4.69) is 10.3 Å². The molecule has 116 valence electrons. The molecule has 2 fully saturated rings. The number of aryl methyl sites for hydroxylation is 1. The van der Waals surface area contributed by atoms with Gasteiger partial charge in [-0.1, -0.05) is 12.1 Å². The number of hydrogen-bond donors (Lipinski definition) is 1. The molecule has 0 saturated carbocycles. The molecule has 2 saturated heterocycles. The average Bonchev–Trinajstić information content (AvgIpc) is 3.09. The number of aromatic nitrogens is 1. The normalized spacial score (nSPS) is 25.7. The van der Waals surface area contributed by atoms with Crippen LogP contribution in [0, 0.1) is 6.92 Å². The van der Waals surface area contributed by atoms with E-state index in [0.29, 0.717) is 17.5 Å². The minimum Gasteiger partial charge on any atom is -0.312 e. The molecular formula is C16H19N3O2S. The van der Waals surface area contributed by atoms with Crippen molar-refractivity contribution >= 4 is 20.8 Å². The smallest absolute Gasteiger partial charge is 0.244 e. The second-order valence-corrected chi connectivity index (χ2v) is 7.99. The van der Waals surface area contributed by atoms with Crippen molar-refractivity contribution in [2.24, 2.45) is 0 Å². The summed E-state index contributed by atoms with van der Waals surface area (Å²) in [7, 11) is -3.48. The van der Waals surface area contributed by atoms with Crippen LogP contribution in [0.3, 0.4) is 0 Å². The lowest BCUT2D eigenvalue weighted by Gasteiger charge is -2.23. The van der Waals surface area contributed by atoms with Crippen LogP contribution in [0.1, 0.15) is 18.4 Å². The van der Waals surface area contributed by atoms with Crippen molar-refractivity contribution in [3.63, 3.8) is 0 Å². The third-order valence-electron chi connectivity index (χ3n) is 4.86. The maximum Gasteiger partial charge on any atom is 0.244 e. The van der Waals surface area contributed by atoms with Crippen molar-refractivity contribution in [3.8, 4) is 0 Å². The number of sulfonamides is 1. The minimum absolute atomic E-state index is 0.0994. The fourth-order valence-electron chi connectivity index (χ4n) is 3.84. The van der Waals surface area contributed by atoms with Gasteiger partial charge in [0.2, 0.25) is 10.0 Å². The van der Waals surface area contributed by atoms with E-state index in [1.165, 1.54) is 0 Å². The highest BCUT2D eigenvalue weighted by molar-refractivity contribution is 7.89. The van der Waals surface area contributed by atoms with Crippen LogP contribution in [0.4, 0.5) is 0 Å². The molecular weight excluding hydrogens is 298 g/mol. The molecule has 3 heterocycles. The fraction of sp³-hybridized carbons (Fsp3) is 0.438. The predicted octanol–water partition coefficient (Wildman–Crippen LogP) is 1.67. The van der Waals surface area contributed by atoms with Crippen LogP contribution >= 0.6 is 0 Å². The number of pyridine rings is 1. The Balaban J connectivity index is 1.88. The first-order valence-corrected chi connectivity index (χ1v) is 9.11. The van der Waals surface area contributed by atoms with E-state index in [1.807, 2.05) is 13.0 Å². The number of hydrogen-bond acceptors (Lipinski definition) is 4. The second-order valence-electron chi connectivity index (χ2n) is 6.13. The molecule has 2 aromatic rings. The number of nitrogens with one attached hydrogen (secondary N) is 1. The molecule has 6 heteroatoms. The summed E-state index contributed by atoms with van der Waals surface area (Å²) < 4.78 is 28.1. The van der Waals surface area contributed by atoms with Crippen LogP contribution in [0.5, 0.6) is 0 Å².